The highest BCUT2D eigenvalue weighted by atomic mass is 19.4. The largest absolute Gasteiger partial charge is 0.493 e. The molecule has 0 spiro atoms. The minimum absolute atomic E-state index is 0.166. The van der Waals surface area contributed by atoms with E-state index in [4.69, 9.17) is 14.2 Å². The smallest absolute Gasteiger partial charge is 0.416 e. The van der Waals surface area contributed by atoms with Crippen LogP contribution in [0.2, 0.25) is 0 Å². The Morgan fingerprint density at radius 2 is 1.52 bits per heavy atom. The first kappa shape index (κ1) is 22.2. The predicted molar refractivity (Wildman–Crippen MR) is 101 cm³/mol. The summed E-state index contributed by atoms with van der Waals surface area (Å²) in [7, 11) is 6.05. The molecular weight excluding hydrogens is 389 g/mol. The number of amides is 2. The van der Waals surface area contributed by atoms with Crippen LogP contribution in [0.15, 0.2) is 36.4 Å². The molecule has 0 aliphatic carbocycles. The molecule has 0 radical (unpaired) electrons. The summed E-state index contributed by atoms with van der Waals surface area (Å²) in [6.07, 6.45) is -4.39. The molecule has 2 rings (SSSR count). The Labute approximate surface area is 167 Å². The van der Waals surface area contributed by atoms with Gasteiger partial charge in [0.2, 0.25) is 5.75 Å². The molecule has 0 aliphatic heterocycles. The lowest BCUT2D eigenvalue weighted by Gasteiger charge is -2.19. The molecule has 9 heteroatoms. The first-order valence-corrected chi connectivity index (χ1v) is 8.63. The van der Waals surface area contributed by atoms with Crippen molar-refractivity contribution in [3.63, 3.8) is 0 Å². The second-order valence-electron chi connectivity index (χ2n) is 6.24. The lowest BCUT2D eigenvalue weighted by Crippen LogP contribution is -2.36. The number of alkyl halides is 3. The van der Waals surface area contributed by atoms with Crippen molar-refractivity contribution < 1.29 is 32.2 Å². The maximum Gasteiger partial charge on any atom is 0.416 e. The quantitative estimate of drug-likeness (QED) is 0.745. The zero-order valence-corrected chi connectivity index (χ0v) is 16.6. The summed E-state index contributed by atoms with van der Waals surface area (Å²) in [5, 5.41) is 2.75. The van der Waals surface area contributed by atoms with Gasteiger partial charge in [0.05, 0.1) is 26.9 Å². The van der Waals surface area contributed by atoms with Crippen LogP contribution in [0.3, 0.4) is 0 Å². The third-order valence-corrected chi connectivity index (χ3v) is 4.22. The molecular formula is C20H23F3N2O4. The Balaban J connectivity index is 2.00. The molecule has 29 heavy (non-hydrogen) atoms. The molecule has 0 heterocycles. The summed E-state index contributed by atoms with van der Waals surface area (Å²) < 4.78 is 53.7. The van der Waals surface area contributed by atoms with Gasteiger partial charge in [-0.2, -0.15) is 13.2 Å². The molecule has 0 fully saturated rings. The number of hydrogen-bond donors (Lipinski definition) is 1. The van der Waals surface area contributed by atoms with Crippen LogP contribution in [-0.2, 0) is 19.3 Å². The second kappa shape index (κ2) is 9.40. The minimum atomic E-state index is -4.39. The van der Waals surface area contributed by atoms with Gasteiger partial charge >= 0.3 is 12.2 Å². The van der Waals surface area contributed by atoms with E-state index >= 15 is 0 Å². The van der Waals surface area contributed by atoms with E-state index in [0.717, 1.165) is 17.7 Å². The van der Waals surface area contributed by atoms with Crippen molar-refractivity contribution in [3.8, 4) is 17.2 Å². The summed E-state index contributed by atoms with van der Waals surface area (Å²) >= 11 is 0. The van der Waals surface area contributed by atoms with Gasteiger partial charge in [-0.15, -0.1) is 0 Å². The number of nitrogens with zero attached hydrogens (tertiary/aromatic N) is 1. The van der Waals surface area contributed by atoms with Crippen molar-refractivity contribution in [2.24, 2.45) is 0 Å². The Morgan fingerprint density at radius 1 is 0.966 bits per heavy atom. The van der Waals surface area contributed by atoms with Gasteiger partial charge in [0.1, 0.15) is 0 Å². The molecule has 0 saturated heterocycles. The number of methoxy groups -OCH3 is 3. The van der Waals surface area contributed by atoms with Crippen LogP contribution in [0.1, 0.15) is 16.7 Å². The zero-order valence-electron chi connectivity index (χ0n) is 16.6. The molecule has 2 amide bonds. The lowest BCUT2D eigenvalue weighted by atomic mass is 10.1. The molecule has 6 nitrogen and oxygen atoms in total. The maximum atomic E-state index is 12.6. The molecule has 2 aromatic rings. The van der Waals surface area contributed by atoms with Crippen LogP contribution < -0.4 is 19.5 Å². The van der Waals surface area contributed by atoms with Gasteiger partial charge < -0.3 is 24.4 Å². The fraction of sp³-hybridized carbons (Fsp3) is 0.350. The minimum Gasteiger partial charge on any atom is -0.493 e. The fourth-order valence-corrected chi connectivity index (χ4v) is 2.69. The van der Waals surface area contributed by atoms with E-state index < -0.39 is 11.7 Å². The van der Waals surface area contributed by atoms with E-state index in [1.807, 2.05) is 0 Å². The number of urea groups is 1. The number of carbonyl (C=O) groups is 1. The molecule has 2 aromatic carbocycles. The van der Waals surface area contributed by atoms with Gasteiger partial charge in [-0.3, -0.25) is 0 Å². The van der Waals surface area contributed by atoms with E-state index in [2.05, 4.69) is 5.32 Å². The maximum absolute atomic E-state index is 12.6. The zero-order chi connectivity index (χ0) is 21.6. The molecule has 0 unspecified atom stereocenters. The van der Waals surface area contributed by atoms with Gasteiger partial charge in [0.15, 0.2) is 11.5 Å². The summed E-state index contributed by atoms with van der Waals surface area (Å²) in [6, 6.07) is 7.76. The molecule has 0 saturated carbocycles. The number of rotatable bonds is 7. The Kier molecular flexibility index (Phi) is 7.19. The normalized spacial score (nSPS) is 11.0. The predicted octanol–water partition coefficient (Wildman–Crippen LogP) is 4.07. The Bertz CT molecular complexity index is 814. The number of ether oxygens (including phenoxy) is 3. The SMILES string of the molecule is COc1cc(CNC(=O)N(C)Cc2ccc(C(F)(F)F)cc2)cc(OC)c1OC. The molecule has 158 valence electrons. The van der Waals surface area contributed by atoms with Gasteiger partial charge in [0, 0.05) is 20.1 Å². The van der Waals surface area contributed by atoms with Gasteiger partial charge in [-0.1, -0.05) is 12.1 Å². The third-order valence-electron chi connectivity index (χ3n) is 4.22. The van der Waals surface area contributed by atoms with Gasteiger partial charge in [0.25, 0.3) is 0 Å². The summed E-state index contributed by atoms with van der Waals surface area (Å²) in [5.41, 5.74) is 0.593. The van der Waals surface area contributed by atoms with Crippen molar-refractivity contribution in [1.82, 2.24) is 10.2 Å². The van der Waals surface area contributed by atoms with E-state index in [9.17, 15) is 18.0 Å². The van der Waals surface area contributed by atoms with Crippen LogP contribution in [0.25, 0.3) is 0 Å². The van der Waals surface area contributed by atoms with Crippen molar-refractivity contribution in [2.75, 3.05) is 28.4 Å². The topological polar surface area (TPSA) is 60.0 Å². The molecule has 0 aliphatic rings. The number of halogens is 3. The first-order valence-electron chi connectivity index (χ1n) is 8.63. The second-order valence-corrected chi connectivity index (χ2v) is 6.24. The number of carbonyl (C=O) groups excluding carboxylic acids is 1. The summed E-state index contributed by atoms with van der Waals surface area (Å²) in [5.74, 6) is 1.38. The average Bonchev–Trinajstić information content (AvgIpc) is 2.70. The Morgan fingerprint density at radius 3 is 1.97 bits per heavy atom. The third kappa shape index (κ3) is 5.69. The number of nitrogens with one attached hydrogen (secondary N) is 1. The van der Waals surface area contributed by atoms with Crippen LogP contribution in [0.4, 0.5) is 18.0 Å². The molecule has 0 atom stereocenters. The summed E-state index contributed by atoms with van der Waals surface area (Å²) in [6.45, 7) is 0.367. The molecule has 1 N–H and O–H groups in total. The van der Waals surface area contributed by atoms with Gasteiger partial charge in [-0.25, -0.2) is 4.79 Å². The van der Waals surface area contributed by atoms with E-state index in [1.165, 1.54) is 38.4 Å². The average molecular weight is 412 g/mol. The van der Waals surface area contributed by atoms with Gasteiger partial charge in [-0.05, 0) is 35.4 Å². The lowest BCUT2D eigenvalue weighted by molar-refractivity contribution is -0.137. The van der Waals surface area contributed by atoms with Crippen LogP contribution >= 0.6 is 0 Å². The fourth-order valence-electron chi connectivity index (χ4n) is 2.69. The molecule has 0 bridgehead atoms. The van der Waals surface area contributed by atoms with E-state index in [0.29, 0.717) is 22.8 Å². The standard InChI is InChI=1S/C20H23F3N2O4/c1-25(12-13-5-7-15(8-6-13)20(21,22)23)19(26)24-11-14-9-16(27-2)18(29-4)17(10-14)28-3/h5-10H,11-12H2,1-4H3,(H,24,26). The highest BCUT2D eigenvalue weighted by molar-refractivity contribution is 5.74. The van der Waals surface area contributed by atoms with Crippen molar-refractivity contribution >= 4 is 6.03 Å². The Hall–Kier alpha value is -3.10. The van der Waals surface area contributed by atoms with Crippen molar-refractivity contribution in [2.45, 2.75) is 19.3 Å². The van der Waals surface area contributed by atoms with Crippen LogP contribution in [0.5, 0.6) is 17.2 Å². The highest BCUT2D eigenvalue weighted by Gasteiger charge is 2.30. The summed E-state index contributed by atoms with van der Waals surface area (Å²) in [4.78, 5) is 13.7. The van der Waals surface area contributed by atoms with Crippen molar-refractivity contribution in [1.29, 1.82) is 0 Å². The van der Waals surface area contributed by atoms with Crippen molar-refractivity contribution in [3.05, 3.63) is 53.1 Å². The number of hydrogen-bond acceptors (Lipinski definition) is 4. The first-order chi connectivity index (χ1) is 13.7. The van der Waals surface area contributed by atoms with Crippen LogP contribution in [0, 0.1) is 0 Å². The highest BCUT2D eigenvalue weighted by Crippen LogP contribution is 2.38. The number of benzene rings is 2. The van der Waals surface area contributed by atoms with E-state index in [-0.39, 0.29) is 19.1 Å². The molecule has 0 aromatic heterocycles. The van der Waals surface area contributed by atoms with Crippen LogP contribution in [-0.4, -0.2) is 39.3 Å². The monoisotopic (exact) mass is 412 g/mol. The van der Waals surface area contributed by atoms with E-state index in [1.54, 1.807) is 19.2 Å².